The fourth-order valence-electron chi connectivity index (χ4n) is 1.36. The molecular formula is C11H12N4O4. The first kappa shape index (κ1) is 12.8. The first-order chi connectivity index (χ1) is 9.15. The summed E-state index contributed by atoms with van der Waals surface area (Å²) in [5.41, 5.74) is 6.90. The summed E-state index contributed by atoms with van der Waals surface area (Å²) in [7, 11) is 0. The first-order valence-electron chi connectivity index (χ1n) is 5.42. The molecule has 0 aromatic carbocycles. The number of hydroxylamine groups is 1. The van der Waals surface area contributed by atoms with Crippen molar-refractivity contribution < 1.29 is 18.8 Å². The smallest absolute Gasteiger partial charge is 0.310 e. The van der Waals surface area contributed by atoms with E-state index in [0.29, 0.717) is 12.3 Å². The summed E-state index contributed by atoms with van der Waals surface area (Å²) in [5.74, 6) is -0.623. The van der Waals surface area contributed by atoms with Crippen LogP contribution in [0, 0.1) is 0 Å². The number of amides is 2. The Balaban J connectivity index is 1.89. The van der Waals surface area contributed by atoms with Crippen LogP contribution in [0.25, 0.3) is 0 Å². The zero-order valence-corrected chi connectivity index (χ0v) is 9.91. The van der Waals surface area contributed by atoms with Gasteiger partial charge in [-0.3, -0.25) is 19.1 Å². The van der Waals surface area contributed by atoms with Gasteiger partial charge in [0.25, 0.3) is 0 Å². The summed E-state index contributed by atoms with van der Waals surface area (Å²) < 4.78 is 6.96. The Morgan fingerprint density at radius 1 is 1.47 bits per heavy atom. The van der Waals surface area contributed by atoms with Crippen LogP contribution in [0.5, 0.6) is 0 Å². The minimum Gasteiger partial charge on any atom is -0.454 e. The van der Waals surface area contributed by atoms with Crippen LogP contribution in [0.15, 0.2) is 35.0 Å². The van der Waals surface area contributed by atoms with Crippen molar-refractivity contribution in [2.75, 3.05) is 6.61 Å². The van der Waals surface area contributed by atoms with E-state index in [4.69, 9.17) is 10.2 Å². The molecule has 0 atom stereocenters. The zero-order chi connectivity index (χ0) is 13.7. The highest BCUT2D eigenvalue weighted by Gasteiger charge is 2.11. The van der Waals surface area contributed by atoms with Crippen molar-refractivity contribution in [2.24, 2.45) is 5.73 Å². The molecule has 0 fully saturated rings. The lowest BCUT2D eigenvalue weighted by Crippen LogP contribution is -2.29. The number of furan rings is 1. The number of aromatic nitrogens is 2. The normalized spacial score (nSPS) is 10.3. The Hall–Kier alpha value is -2.61. The summed E-state index contributed by atoms with van der Waals surface area (Å²) in [6.07, 6.45) is 3.42. The van der Waals surface area contributed by atoms with Gasteiger partial charge in [0.1, 0.15) is 5.76 Å². The van der Waals surface area contributed by atoms with Crippen LogP contribution in [0.1, 0.15) is 16.3 Å². The van der Waals surface area contributed by atoms with Gasteiger partial charge < -0.3 is 10.2 Å². The molecule has 2 aromatic rings. The topological polar surface area (TPSA) is 112 Å². The molecule has 0 spiro atoms. The van der Waals surface area contributed by atoms with E-state index in [1.807, 2.05) is 5.48 Å². The van der Waals surface area contributed by atoms with Gasteiger partial charge in [-0.15, -0.1) is 0 Å². The molecule has 0 saturated heterocycles. The molecule has 0 aliphatic rings. The van der Waals surface area contributed by atoms with Crippen molar-refractivity contribution in [1.82, 2.24) is 15.3 Å². The van der Waals surface area contributed by atoms with Crippen molar-refractivity contribution in [3.8, 4) is 0 Å². The number of nitrogens with two attached hydrogens (primary N) is 1. The minimum atomic E-state index is -0.681. The molecule has 19 heavy (non-hydrogen) atoms. The van der Waals surface area contributed by atoms with Crippen molar-refractivity contribution in [1.29, 1.82) is 0 Å². The zero-order valence-electron chi connectivity index (χ0n) is 9.91. The van der Waals surface area contributed by atoms with E-state index in [9.17, 15) is 9.59 Å². The molecular weight excluding hydrogens is 252 g/mol. The molecule has 100 valence electrons. The second kappa shape index (κ2) is 5.83. The molecule has 0 unspecified atom stereocenters. The number of rotatable bonds is 6. The van der Waals surface area contributed by atoms with E-state index in [0.717, 1.165) is 0 Å². The van der Waals surface area contributed by atoms with Crippen LogP contribution < -0.4 is 11.2 Å². The van der Waals surface area contributed by atoms with Crippen molar-refractivity contribution >= 4 is 11.8 Å². The van der Waals surface area contributed by atoms with Gasteiger partial charge in [-0.1, -0.05) is 0 Å². The summed E-state index contributed by atoms with van der Waals surface area (Å²) >= 11 is 0. The third-order valence-corrected chi connectivity index (χ3v) is 2.14. The fourth-order valence-corrected chi connectivity index (χ4v) is 1.36. The lowest BCUT2D eigenvalue weighted by Gasteiger charge is -2.01. The molecule has 2 rings (SSSR count). The van der Waals surface area contributed by atoms with Crippen LogP contribution in [0.2, 0.25) is 0 Å². The third kappa shape index (κ3) is 3.68. The van der Waals surface area contributed by atoms with Crippen LogP contribution in [-0.2, 0) is 16.2 Å². The first-order valence-corrected chi connectivity index (χ1v) is 5.42. The molecule has 8 heteroatoms. The van der Waals surface area contributed by atoms with Gasteiger partial charge in [-0.25, -0.2) is 5.48 Å². The van der Waals surface area contributed by atoms with Gasteiger partial charge in [0.15, 0.2) is 12.4 Å². The fraction of sp³-hybridized carbons (Fsp3) is 0.182. The van der Waals surface area contributed by atoms with Crippen LogP contribution in [-0.4, -0.2) is 28.2 Å². The second-order valence-electron chi connectivity index (χ2n) is 3.66. The van der Waals surface area contributed by atoms with Crippen LogP contribution in [0.3, 0.4) is 0 Å². The molecule has 0 bridgehead atoms. The van der Waals surface area contributed by atoms with Crippen molar-refractivity contribution in [3.63, 3.8) is 0 Å². The number of nitrogens with one attached hydrogen (secondary N) is 1. The van der Waals surface area contributed by atoms with Gasteiger partial charge in [0.05, 0.1) is 6.54 Å². The predicted molar refractivity (Wildman–Crippen MR) is 62.6 cm³/mol. The van der Waals surface area contributed by atoms with Gasteiger partial charge in [-0.05, 0) is 18.2 Å². The number of primary amides is 1. The average Bonchev–Trinajstić information content (AvgIpc) is 3.00. The Kier molecular flexibility index (Phi) is 3.94. The molecule has 8 nitrogen and oxygen atoms in total. The molecule has 2 amide bonds. The molecule has 0 radical (unpaired) electrons. The SMILES string of the molecule is NC(=O)CONC(=O)c1ccc(Cn2cccn2)o1. The van der Waals surface area contributed by atoms with E-state index in [1.165, 1.54) is 6.07 Å². The van der Waals surface area contributed by atoms with Gasteiger partial charge in [0, 0.05) is 12.4 Å². The molecule has 2 heterocycles. The molecule has 3 N–H and O–H groups in total. The Morgan fingerprint density at radius 2 is 2.32 bits per heavy atom. The number of carbonyl (C=O) groups excluding carboxylic acids is 2. The highest BCUT2D eigenvalue weighted by atomic mass is 16.7. The number of nitrogens with zero attached hydrogens (tertiary/aromatic N) is 2. The summed E-state index contributed by atoms with van der Waals surface area (Å²) in [5, 5.41) is 4.01. The second-order valence-corrected chi connectivity index (χ2v) is 3.66. The molecule has 0 aliphatic heterocycles. The highest BCUT2D eigenvalue weighted by molar-refractivity contribution is 5.90. The van der Waals surface area contributed by atoms with E-state index < -0.39 is 18.4 Å². The standard InChI is InChI=1S/C11H12N4O4/c12-10(16)7-18-14-11(17)9-3-2-8(19-9)6-15-5-1-4-13-15/h1-5H,6-7H2,(H2,12,16)(H,14,17). The highest BCUT2D eigenvalue weighted by Crippen LogP contribution is 2.09. The number of carbonyl (C=O) groups is 2. The van der Waals surface area contributed by atoms with Crippen molar-refractivity contribution in [2.45, 2.75) is 6.54 Å². The van der Waals surface area contributed by atoms with E-state index >= 15 is 0 Å². The number of hydrogen-bond acceptors (Lipinski definition) is 5. The van der Waals surface area contributed by atoms with E-state index in [2.05, 4.69) is 9.94 Å². The van der Waals surface area contributed by atoms with E-state index in [1.54, 1.807) is 29.2 Å². The average molecular weight is 264 g/mol. The van der Waals surface area contributed by atoms with E-state index in [-0.39, 0.29) is 5.76 Å². The molecule has 2 aromatic heterocycles. The Labute approximate surface area is 108 Å². The molecule has 0 saturated carbocycles. The number of hydrogen-bond donors (Lipinski definition) is 2. The lowest BCUT2D eigenvalue weighted by atomic mass is 10.4. The maximum atomic E-state index is 11.5. The van der Waals surface area contributed by atoms with Gasteiger partial charge >= 0.3 is 5.91 Å². The predicted octanol–water partition coefficient (Wildman–Crippen LogP) is -0.329. The summed E-state index contributed by atoms with van der Waals surface area (Å²) in [4.78, 5) is 26.5. The van der Waals surface area contributed by atoms with Crippen LogP contribution in [0.4, 0.5) is 0 Å². The van der Waals surface area contributed by atoms with Gasteiger partial charge in [0.2, 0.25) is 5.91 Å². The Morgan fingerprint density at radius 3 is 3.00 bits per heavy atom. The maximum absolute atomic E-state index is 11.5. The Bertz CT molecular complexity index is 561. The monoisotopic (exact) mass is 264 g/mol. The van der Waals surface area contributed by atoms with Crippen molar-refractivity contribution in [3.05, 3.63) is 42.1 Å². The largest absolute Gasteiger partial charge is 0.454 e. The summed E-state index contributed by atoms with van der Waals surface area (Å²) in [6.45, 7) is 0.0228. The third-order valence-electron chi connectivity index (χ3n) is 2.14. The molecule has 0 aliphatic carbocycles. The van der Waals surface area contributed by atoms with Gasteiger partial charge in [-0.2, -0.15) is 5.10 Å². The lowest BCUT2D eigenvalue weighted by molar-refractivity contribution is -0.124. The minimum absolute atomic E-state index is 0.0756. The maximum Gasteiger partial charge on any atom is 0.310 e. The quantitative estimate of drug-likeness (QED) is 0.694. The van der Waals surface area contributed by atoms with Crippen LogP contribution >= 0.6 is 0 Å². The summed E-state index contributed by atoms with van der Waals surface area (Å²) in [6, 6.07) is 4.95.